The van der Waals surface area contributed by atoms with Crippen LogP contribution < -0.4 is 4.90 Å². The van der Waals surface area contributed by atoms with Crippen LogP contribution in [0.5, 0.6) is 0 Å². The Morgan fingerprint density at radius 1 is 1.00 bits per heavy atom. The highest BCUT2D eigenvalue weighted by Gasteiger charge is 2.37. The van der Waals surface area contributed by atoms with Gasteiger partial charge in [-0.05, 0) is 42.5 Å². The molecule has 0 radical (unpaired) electrons. The maximum Gasteiger partial charge on any atom is 0.146 e. The summed E-state index contributed by atoms with van der Waals surface area (Å²) in [7, 11) is 0. The molecule has 4 rings (SSSR count). The first-order valence-electron chi connectivity index (χ1n) is 9.18. The molecule has 2 saturated heterocycles. The number of hydrogen-bond donors (Lipinski definition) is 1. The van der Waals surface area contributed by atoms with Crippen LogP contribution >= 0.6 is 0 Å². The lowest BCUT2D eigenvalue weighted by molar-refractivity contribution is 0.0453. The molecule has 3 nitrogen and oxygen atoms in total. The SMILES string of the molecule is O[C@@]1(c2ccccc2)CCN(Cc2ccc(N3CCCC3)c(F)c2)C1. The summed E-state index contributed by atoms with van der Waals surface area (Å²) in [4.78, 5) is 4.33. The molecule has 2 fully saturated rings. The Balaban J connectivity index is 1.44. The van der Waals surface area contributed by atoms with Crippen molar-refractivity contribution in [3.05, 3.63) is 65.5 Å². The molecule has 0 spiro atoms. The summed E-state index contributed by atoms with van der Waals surface area (Å²) in [5.74, 6) is -0.128. The number of aliphatic hydroxyl groups is 1. The number of hydrogen-bond acceptors (Lipinski definition) is 3. The standard InChI is InChI=1S/C21H25FN2O/c22-19-14-17(8-9-20(19)24-11-4-5-12-24)15-23-13-10-21(25,16-23)18-6-2-1-3-7-18/h1-3,6-9,14,25H,4-5,10-13,15-16H2/t21-/m0/s1. The van der Waals surface area contributed by atoms with Gasteiger partial charge in [-0.2, -0.15) is 0 Å². The van der Waals surface area contributed by atoms with Crippen molar-refractivity contribution in [3.8, 4) is 0 Å². The lowest BCUT2D eigenvalue weighted by atomic mass is 9.93. The normalized spacial score (nSPS) is 24.2. The van der Waals surface area contributed by atoms with Gasteiger partial charge in [0.2, 0.25) is 0 Å². The van der Waals surface area contributed by atoms with E-state index in [-0.39, 0.29) is 5.82 Å². The Kier molecular flexibility index (Phi) is 4.48. The summed E-state index contributed by atoms with van der Waals surface area (Å²) < 4.78 is 14.5. The van der Waals surface area contributed by atoms with E-state index >= 15 is 0 Å². The number of halogens is 1. The largest absolute Gasteiger partial charge is 0.384 e. The summed E-state index contributed by atoms with van der Waals surface area (Å²) in [5, 5.41) is 10.9. The Morgan fingerprint density at radius 2 is 1.76 bits per heavy atom. The van der Waals surface area contributed by atoms with E-state index in [2.05, 4.69) is 9.80 Å². The highest BCUT2D eigenvalue weighted by Crippen LogP contribution is 2.33. The molecule has 2 aromatic rings. The van der Waals surface area contributed by atoms with Crippen LogP contribution in [0, 0.1) is 5.82 Å². The molecular weight excluding hydrogens is 315 g/mol. The van der Waals surface area contributed by atoms with Gasteiger partial charge in [-0.3, -0.25) is 4.90 Å². The van der Waals surface area contributed by atoms with Crippen molar-refractivity contribution in [3.63, 3.8) is 0 Å². The number of rotatable bonds is 4. The molecule has 1 atom stereocenters. The van der Waals surface area contributed by atoms with E-state index < -0.39 is 5.60 Å². The third-order valence-corrected chi connectivity index (χ3v) is 5.50. The second kappa shape index (κ2) is 6.77. The highest BCUT2D eigenvalue weighted by atomic mass is 19.1. The van der Waals surface area contributed by atoms with Crippen molar-refractivity contribution in [2.24, 2.45) is 0 Å². The molecule has 132 valence electrons. The van der Waals surface area contributed by atoms with Gasteiger partial charge >= 0.3 is 0 Å². The van der Waals surface area contributed by atoms with Crippen LogP contribution in [0.1, 0.15) is 30.4 Å². The van der Waals surface area contributed by atoms with E-state index in [1.807, 2.05) is 42.5 Å². The first-order valence-corrected chi connectivity index (χ1v) is 9.18. The fraction of sp³-hybridized carbons (Fsp3) is 0.429. The lowest BCUT2D eigenvalue weighted by Gasteiger charge is -2.24. The van der Waals surface area contributed by atoms with Crippen molar-refractivity contribution in [2.45, 2.75) is 31.4 Å². The molecule has 2 aliphatic heterocycles. The average molecular weight is 340 g/mol. The molecule has 0 aliphatic carbocycles. The van der Waals surface area contributed by atoms with Crippen molar-refractivity contribution in [1.29, 1.82) is 0 Å². The average Bonchev–Trinajstić information content (AvgIpc) is 3.27. The highest BCUT2D eigenvalue weighted by molar-refractivity contribution is 5.49. The quantitative estimate of drug-likeness (QED) is 0.922. The minimum atomic E-state index is -0.796. The van der Waals surface area contributed by atoms with Crippen LogP contribution in [0.4, 0.5) is 10.1 Å². The molecule has 0 saturated carbocycles. The van der Waals surface area contributed by atoms with Gasteiger partial charge in [-0.25, -0.2) is 4.39 Å². The van der Waals surface area contributed by atoms with Gasteiger partial charge in [0.15, 0.2) is 0 Å². The van der Waals surface area contributed by atoms with Crippen LogP contribution in [-0.2, 0) is 12.1 Å². The van der Waals surface area contributed by atoms with Crippen LogP contribution in [0.3, 0.4) is 0 Å². The Morgan fingerprint density at radius 3 is 2.48 bits per heavy atom. The molecule has 0 amide bonds. The molecule has 25 heavy (non-hydrogen) atoms. The molecule has 4 heteroatoms. The maximum absolute atomic E-state index is 14.5. The van der Waals surface area contributed by atoms with E-state index in [9.17, 15) is 9.50 Å². The van der Waals surface area contributed by atoms with Crippen LogP contribution in [0.25, 0.3) is 0 Å². The molecule has 0 unspecified atom stereocenters. The monoisotopic (exact) mass is 340 g/mol. The second-order valence-electron chi connectivity index (χ2n) is 7.34. The zero-order valence-corrected chi connectivity index (χ0v) is 14.5. The maximum atomic E-state index is 14.5. The minimum Gasteiger partial charge on any atom is -0.384 e. The summed E-state index contributed by atoms with van der Waals surface area (Å²) in [6.07, 6.45) is 3.01. The Labute approximate surface area is 148 Å². The van der Waals surface area contributed by atoms with Gasteiger partial charge in [-0.15, -0.1) is 0 Å². The van der Waals surface area contributed by atoms with E-state index in [0.29, 0.717) is 19.5 Å². The van der Waals surface area contributed by atoms with Gasteiger partial charge < -0.3 is 10.0 Å². The number of nitrogens with zero attached hydrogens (tertiary/aromatic N) is 2. The number of β-amino-alcohol motifs (C(OH)–C–C–N with tert-alkyl or cyclic N) is 1. The predicted octanol–water partition coefficient (Wildman–Crippen LogP) is 3.52. The van der Waals surface area contributed by atoms with Gasteiger partial charge in [0.25, 0.3) is 0 Å². The number of benzene rings is 2. The summed E-state index contributed by atoms with van der Waals surface area (Å²) in [6.45, 7) is 3.98. The van der Waals surface area contributed by atoms with Crippen LogP contribution in [-0.4, -0.2) is 36.2 Å². The predicted molar refractivity (Wildman–Crippen MR) is 98.1 cm³/mol. The van der Waals surface area contributed by atoms with E-state index in [1.165, 1.54) is 0 Å². The third-order valence-electron chi connectivity index (χ3n) is 5.50. The van der Waals surface area contributed by atoms with Gasteiger partial charge in [0.05, 0.1) is 5.69 Å². The summed E-state index contributed by atoms with van der Waals surface area (Å²) in [5.41, 5.74) is 1.87. The molecule has 1 N–H and O–H groups in total. The van der Waals surface area contributed by atoms with Gasteiger partial charge in [0, 0.05) is 32.7 Å². The zero-order valence-electron chi connectivity index (χ0n) is 14.5. The third kappa shape index (κ3) is 3.42. The molecular formula is C21H25FN2O. The van der Waals surface area contributed by atoms with Gasteiger partial charge in [0.1, 0.15) is 11.4 Å². The fourth-order valence-electron chi connectivity index (χ4n) is 4.11. The molecule has 2 aromatic carbocycles. The Hall–Kier alpha value is -1.91. The molecule has 2 heterocycles. The first kappa shape index (κ1) is 16.6. The lowest BCUT2D eigenvalue weighted by Crippen LogP contribution is -2.30. The fourth-order valence-corrected chi connectivity index (χ4v) is 4.11. The minimum absolute atomic E-state index is 0.128. The van der Waals surface area contributed by atoms with E-state index in [4.69, 9.17) is 0 Å². The summed E-state index contributed by atoms with van der Waals surface area (Å²) in [6, 6.07) is 15.4. The van der Waals surface area contributed by atoms with Crippen molar-refractivity contribution < 1.29 is 9.50 Å². The molecule has 0 aromatic heterocycles. The second-order valence-corrected chi connectivity index (χ2v) is 7.34. The zero-order chi connectivity index (χ0) is 17.3. The summed E-state index contributed by atoms with van der Waals surface area (Å²) >= 11 is 0. The van der Waals surface area contributed by atoms with Crippen molar-refractivity contribution in [2.75, 3.05) is 31.1 Å². The molecule has 0 bridgehead atoms. The van der Waals surface area contributed by atoms with E-state index in [0.717, 1.165) is 49.3 Å². The van der Waals surface area contributed by atoms with Gasteiger partial charge in [-0.1, -0.05) is 36.4 Å². The topological polar surface area (TPSA) is 26.7 Å². The van der Waals surface area contributed by atoms with Crippen LogP contribution in [0.2, 0.25) is 0 Å². The van der Waals surface area contributed by atoms with Crippen molar-refractivity contribution in [1.82, 2.24) is 4.90 Å². The smallest absolute Gasteiger partial charge is 0.146 e. The van der Waals surface area contributed by atoms with Crippen molar-refractivity contribution >= 4 is 5.69 Å². The van der Waals surface area contributed by atoms with Crippen LogP contribution in [0.15, 0.2) is 48.5 Å². The first-order chi connectivity index (χ1) is 12.1. The number of likely N-dealkylation sites (tertiary alicyclic amines) is 1. The van der Waals surface area contributed by atoms with E-state index in [1.54, 1.807) is 6.07 Å². The molecule has 2 aliphatic rings. The Bertz CT molecular complexity index is 730. The number of anilines is 1.